The Balaban J connectivity index is 1.50. The number of halogens is 5. The zero-order valence-corrected chi connectivity index (χ0v) is 22.1. The number of nitrogens with one attached hydrogen (secondary N) is 3. The van der Waals surface area contributed by atoms with Crippen molar-refractivity contribution in [2.45, 2.75) is 42.3 Å². The molecule has 3 N–H and O–H groups in total. The molecule has 40 heavy (non-hydrogen) atoms. The molecular weight excluding hydrogens is 557 g/mol. The van der Waals surface area contributed by atoms with Crippen LogP contribution in [0.4, 0.5) is 27.6 Å². The van der Waals surface area contributed by atoms with E-state index in [1.54, 1.807) is 18.2 Å². The molecule has 212 valence electrons. The van der Waals surface area contributed by atoms with Crippen molar-refractivity contribution in [1.29, 1.82) is 0 Å². The van der Waals surface area contributed by atoms with Crippen molar-refractivity contribution in [3.63, 3.8) is 0 Å². The lowest BCUT2D eigenvalue weighted by atomic mass is 10.1. The van der Waals surface area contributed by atoms with Crippen LogP contribution in [-0.4, -0.2) is 50.6 Å². The van der Waals surface area contributed by atoms with Crippen molar-refractivity contribution in [3.05, 3.63) is 71.4 Å². The van der Waals surface area contributed by atoms with E-state index >= 15 is 0 Å². The van der Waals surface area contributed by atoms with Crippen LogP contribution in [0.15, 0.2) is 58.4 Å². The number of amidine groups is 1. The first-order valence-corrected chi connectivity index (χ1v) is 13.9. The Bertz CT molecular complexity index is 1590. The van der Waals surface area contributed by atoms with Gasteiger partial charge in [-0.15, -0.1) is 0 Å². The highest BCUT2D eigenvalue weighted by atomic mass is 32.2. The zero-order chi connectivity index (χ0) is 28.9. The molecule has 0 bridgehead atoms. The standard InChI is InChI=1S/C26H24F5N5O3S/c1-39-20-6-3-15(11-21(20)40(2,37)38)18-4-5-19-22(33-18)23(36-25(7-8-25)26(29,30)31)35-24(34-19)32-13-14-9-16(27)12-17(28)10-14/h3-6,9-12,24,32,34H,7-8,13H2,1-2H3,(H,35,36). The third-order valence-corrected chi connectivity index (χ3v) is 7.72. The minimum atomic E-state index is -4.54. The molecule has 2 heterocycles. The smallest absolute Gasteiger partial charge is 0.411 e. The van der Waals surface area contributed by atoms with Crippen molar-refractivity contribution in [2.75, 3.05) is 18.7 Å². The molecule has 0 saturated heterocycles. The Morgan fingerprint density at radius 2 is 1.77 bits per heavy atom. The molecule has 0 radical (unpaired) electrons. The van der Waals surface area contributed by atoms with Crippen molar-refractivity contribution in [2.24, 2.45) is 4.99 Å². The number of sulfone groups is 1. The van der Waals surface area contributed by atoms with Gasteiger partial charge in [-0.05, 0) is 60.9 Å². The van der Waals surface area contributed by atoms with E-state index in [9.17, 15) is 30.4 Å². The minimum absolute atomic E-state index is 0.0332. The first-order valence-electron chi connectivity index (χ1n) is 12.1. The van der Waals surface area contributed by atoms with Crippen LogP contribution >= 0.6 is 0 Å². The third kappa shape index (κ3) is 5.59. The molecule has 1 aromatic heterocycles. The van der Waals surface area contributed by atoms with Gasteiger partial charge in [0, 0.05) is 24.4 Å². The van der Waals surface area contributed by atoms with Gasteiger partial charge in [0.05, 0.1) is 18.5 Å². The molecule has 1 aliphatic carbocycles. The number of aromatic nitrogens is 1. The summed E-state index contributed by atoms with van der Waals surface area (Å²) in [6.45, 7) is -0.0332. The maximum atomic E-state index is 13.8. The third-order valence-electron chi connectivity index (χ3n) is 6.60. The molecule has 1 unspecified atom stereocenters. The number of anilines is 1. The van der Waals surface area contributed by atoms with Gasteiger partial charge in [-0.3, -0.25) is 5.32 Å². The fourth-order valence-corrected chi connectivity index (χ4v) is 5.22. The summed E-state index contributed by atoms with van der Waals surface area (Å²) in [6.07, 6.45) is -4.74. The van der Waals surface area contributed by atoms with E-state index < -0.39 is 39.5 Å². The predicted octanol–water partition coefficient (Wildman–Crippen LogP) is 4.37. The van der Waals surface area contributed by atoms with Gasteiger partial charge in [-0.2, -0.15) is 13.2 Å². The van der Waals surface area contributed by atoms with Crippen molar-refractivity contribution < 1.29 is 35.1 Å². The van der Waals surface area contributed by atoms with E-state index in [1.165, 1.54) is 19.2 Å². The molecular formula is C26H24F5N5O3S. The van der Waals surface area contributed by atoms with Crippen LogP contribution in [-0.2, 0) is 16.4 Å². The number of benzene rings is 2. The Labute approximate surface area is 226 Å². The summed E-state index contributed by atoms with van der Waals surface area (Å²) in [5.74, 6) is -1.52. The molecule has 1 fully saturated rings. The molecule has 0 amide bonds. The number of nitrogens with zero attached hydrogens (tertiary/aromatic N) is 2. The van der Waals surface area contributed by atoms with Crippen molar-refractivity contribution in [1.82, 2.24) is 15.6 Å². The maximum Gasteiger partial charge on any atom is 0.411 e. The number of aliphatic imine (C=N–C) groups is 1. The normalized spacial score (nSPS) is 17.9. The van der Waals surface area contributed by atoms with Crippen LogP contribution in [0.2, 0.25) is 0 Å². The number of rotatable bonds is 7. The molecule has 2 aliphatic rings. The fourth-order valence-electron chi connectivity index (χ4n) is 4.36. The average Bonchev–Trinajstić information content (AvgIpc) is 3.67. The molecule has 5 rings (SSSR count). The van der Waals surface area contributed by atoms with Crippen LogP contribution < -0.4 is 20.7 Å². The van der Waals surface area contributed by atoms with Crippen LogP contribution in [0.25, 0.3) is 11.3 Å². The summed E-state index contributed by atoms with van der Waals surface area (Å²) >= 11 is 0. The molecule has 1 aliphatic heterocycles. The van der Waals surface area contributed by atoms with E-state index in [-0.39, 0.29) is 47.1 Å². The molecule has 0 spiro atoms. The van der Waals surface area contributed by atoms with Crippen molar-refractivity contribution in [3.8, 4) is 17.0 Å². The molecule has 8 nitrogen and oxygen atoms in total. The van der Waals surface area contributed by atoms with E-state index in [1.807, 2.05) is 0 Å². The lowest BCUT2D eigenvalue weighted by Gasteiger charge is -2.29. The highest BCUT2D eigenvalue weighted by molar-refractivity contribution is 7.90. The largest absolute Gasteiger partial charge is 0.495 e. The van der Waals surface area contributed by atoms with E-state index in [0.717, 1.165) is 24.5 Å². The Morgan fingerprint density at radius 1 is 1.07 bits per heavy atom. The van der Waals surface area contributed by atoms with Crippen LogP contribution in [0.1, 0.15) is 24.1 Å². The number of methoxy groups -OCH3 is 1. The second-order valence-electron chi connectivity index (χ2n) is 9.62. The number of hydrogen-bond acceptors (Lipinski definition) is 8. The zero-order valence-electron chi connectivity index (χ0n) is 21.2. The molecule has 14 heteroatoms. The van der Waals surface area contributed by atoms with E-state index in [2.05, 4.69) is 25.9 Å². The van der Waals surface area contributed by atoms with Gasteiger partial charge in [-0.1, -0.05) is 0 Å². The van der Waals surface area contributed by atoms with Gasteiger partial charge < -0.3 is 15.4 Å². The topological polar surface area (TPSA) is 105 Å². The van der Waals surface area contributed by atoms with Gasteiger partial charge in [0.1, 0.15) is 33.5 Å². The molecule has 2 aromatic carbocycles. The summed E-state index contributed by atoms with van der Waals surface area (Å²) in [7, 11) is -2.32. The summed E-state index contributed by atoms with van der Waals surface area (Å²) in [4.78, 5) is 8.82. The average molecular weight is 582 g/mol. The summed E-state index contributed by atoms with van der Waals surface area (Å²) < 4.78 is 98.4. The van der Waals surface area contributed by atoms with Crippen LogP contribution in [0.5, 0.6) is 5.75 Å². The Hall–Kier alpha value is -3.78. The van der Waals surface area contributed by atoms with E-state index in [4.69, 9.17) is 4.74 Å². The minimum Gasteiger partial charge on any atom is -0.495 e. The monoisotopic (exact) mass is 581 g/mol. The number of ether oxygens (including phenoxy) is 1. The molecule has 1 atom stereocenters. The fraction of sp³-hybridized carbons (Fsp3) is 0.308. The van der Waals surface area contributed by atoms with Crippen LogP contribution in [0.3, 0.4) is 0 Å². The van der Waals surface area contributed by atoms with Gasteiger partial charge in [-0.25, -0.2) is 27.2 Å². The Kier molecular flexibility index (Phi) is 6.94. The summed E-state index contributed by atoms with van der Waals surface area (Å²) in [5, 5.41) is 8.48. The molecule has 1 saturated carbocycles. The highest BCUT2D eigenvalue weighted by Gasteiger charge is 2.64. The van der Waals surface area contributed by atoms with Crippen molar-refractivity contribution >= 4 is 21.4 Å². The molecule has 3 aromatic rings. The van der Waals surface area contributed by atoms with Gasteiger partial charge >= 0.3 is 6.18 Å². The van der Waals surface area contributed by atoms with Gasteiger partial charge in [0.15, 0.2) is 22.0 Å². The first kappa shape index (κ1) is 27.8. The maximum absolute atomic E-state index is 13.8. The lowest BCUT2D eigenvalue weighted by Crippen LogP contribution is -2.51. The second kappa shape index (κ2) is 10.0. The Morgan fingerprint density at radius 3 is 2.38 bits per heavy atom. The predicted molar refractivity (Wildman–Crippen MR) is 138 cm³/mol. The van der Waals surface area contributed by atoms with Crippen LogP contribution in [0, 0.1) is 11.6 Å². The summed E-state index contributed by atoms with van der Waals surface area (Å²) in [6, 6.07) is 10.6. The second-order valence-corrected chi connectivity index (χ2v) is 11.6. The number of alkyl halides is 3. The quantitative estimate of drug-likeness (QED) is 0.356. The van der Waals surface area contributed by atoms with Gasteiger partial charge in [0.25, 0.3) is 0 Å². The SMILES string of the molecule is COc1ccc(-c2ccc3c(n2)C(NC2(C(F)(F)F)CC2)=NC(NCc2cc(F)cc(F)c2)N3)cc1S(C)(=O)=O. The van der Waals surface area contributed by atoms with E-state index in [0.29, 0.717) is 16.9 Å². The number of hydrogen-bond donors (Lipinski definition) is 3. The highest BCUT2D eigenvalue weighted by Crippen LogP contribution is 2.49. The summed E-state index contributed by atoms with van der Waals surface area (Å²) in [5.41, 5.74) is -0.746. The first-order chi connectivity index (χ1) is 18.8. The lowest BCUT2D eigenvalue weighted by molar-refractivity contribution is -0.161. The number of fused-ring (bicyclic) bond motifs is 1. The van der Waals surface area contributed by atoms with Gasteiger partial charge in [0.2, 0.25) is 0 Å². The number of pyridine rings is 1.